The van der Waals surface area contributed by atoms with Crippen molar-refractivity contribution in [2.45, 2.75) is 11.1 Å². The van der Waals surface area contributed by atoms with Crippen molar-refractivity contribution in [1.29, 1.82) is 0 Å². The van der Waals surface area contributed by atoms with E-state index in [0.717, 1.165) is 12.3 Å². The van der Waals surface area contributed by atoms with Crippen LogP contribution in [0.25, 0.3) is 0 Å². The average molecular weight is 441 g/mol. The van der Waals surface area contributed by atoms with Gasteiger partial charge in [0.15, 0.2) is 0 Å². The number of hydrogen-bond acceptors (Lipinski definition) is 5. The maximum Gasteiger partial charge on any atom is 0.417 e. The first-order valence-electron chi connectivity index (χ1n) is 8.87. The SMILES string of the molecule is O=C(NN=Cc1ccccc1C(F)(F)F)c1cccc(S(=O)(=O)N2CCOCC2)c1. The Morgan fingerprint density at radius 1 is 1.10 bits per heavy atom. The van der Waals surface area contributed by atoms with Crippen molar-refractivity contribution in [3.05, 3.63) is 65.2 Å². The lowest BCUT2D eigenvalue weighted by Gasteiger charge is -2.26. The molecule has 0 aromatic heterocycles. The molecule has 1 amide bonds. The van der Waals surface area contributed by atoms with Crippen molar-refractivity contribution < 1.29 is 31.1 Å². The van der Waals surface area contributed by atoms with E-state index in [1.54, 1.807) is 0 Å². The summed E-state index contributed by atoms with van der Waals surface area (Å²) in [5, 5.41) is 3.57. The van der Waals surface area contributed by atoms with Gasteiger partial charge < -0.3 is 4.74 Å². The standard InChI is InChI=1S/C19H18F3N3O4S/c20-19(21,22)17-7-2-1-4-15(17)13-23-24-18(26)14-5-3-6-16(12-14)30(27,28)25-8-10-29-11-9-25/h1-7,12-13H,8-11H2,(H,24,26). The average Bonchev–Trinajstić information content (AvgIpc) is 2.74. The van der Waals surface area contributed by atoms with E-state index >= 15 is 0 Å². The van der Waals surface area contributed by atoms with Crippen LogP contribution in [0.3, 0.4) is 0 Å². The molecule has 0 bridgehead atoms. The molecule has 7 nitrogen and oxygen atoms in total. The number of hydrazone groups is 1. The number of benzene rings is 2. The van der Waals surface area contributed by atoms with Gasteiger partial charge in [0.1, 0.15) is 0 Å². The smallest absolute Gasteiger partial charge is 0.379 e. The van der Waals surface area contributed by atoms with Crippen molar-refractivity contribution >= 4 is 22.1 Å². The highest BCUT2D eigenvalue weighted by atomic mass is 32.2. The summed E-state index contributed by atoms with van der Waals surface area (Å²) in [5.41, 5.74) is 1.02. The molecule has 2 aromatic rings. The van der Waals surface area contributed by atoms with Gasteiger partial charge in [-0.3, -0.25) is 4.79 Å². The van der Waals surface area contributed by atoms with Gasteiger partial charge in [-0.1, -0.05) is 24.3 Å². The van der Waals surface area contributed by atoms with Crippen LogP contribution < -0.4 is 5.43 Å². The van der Waals surface area contributed by atoms with Gasteiger partial charge in [0, 0.05) is 24.2 Å². The summed E-state index contributed by atoms with van der Waals surface area (Å²) >= 11 is 0. The molecule has 0 aliphatic carbocycles. The third-order valence-electron chi connectivity index (χ3n) is 4.34. The largest absolute Gasteiger partial charge is 0.417 e. The molecule has 0 saturated carbocycles. The minimum Gasteiger partial charge on any atom is -0.379 e. The Labute approximate surface area is 171 Å². The Bertz CT molecular complexity index is 1050. The van der Waals surface area contributed by atoms with E-state index in [4.69, 9.17) is 4.74 Å². The van der Waals surface area contributed by atoms with Crippen LogP contribution in [0, 0.1) is 0 Å². The highest BCUT2D eigenvalue weighted by molar-refractivity contribution is 7.89. The molecule has 11 heteroatoms. The van der Waals surface area contributed by atoms with Crippen LogP contribution in [-0.4, -0.2) is 51.1 Å². The molecule has 1 saturated heterocycles. The van der Waals surface area contributed by atoms with Crippen LogP contribution >= 0.6 is 0 Å². The van der Waals surface area contributed by atoms with Gasteiger partial charge in [0.25, 0.3) is 5.91 Å². The minimum absolute atomic E-state index is 0.00518. The lowest BCUT2D eigenvalue weighted by atomic mass is 10.1. The summed E-state index contributed by atoms with van der Waals surface area (Å²) in [4.78, 5) is 12.2. The molecule has 0 spiro atoms. The number of carbonyl (C=O) groups excluding carboxylic acids is 1. The third-order valence-corrected chi connectivity index (χ3v) is 6.23. The number of halogens is 3. The molecule has 0 radical (unpaired) electrons. The van der Waals surface area contributed by atoms with E-state index in [0.29, 0.717) is 0 Å². The molecule has 30 heavy (non-hydrogen) atoms. The zero-order chi connectivity index (χ0) is 21.8. The van der Waals surface area contributed by atoms with Crippen LogP contribution in [0.15, 0.2) is 58.5 Å². The van der Waals surface area contributed by atoms with Crippen LogP contribution in [0.5, 0.6) is 0 Å². The van der Waals surface area contributed by atoms with E-state index in [1.165, 1.54) is 46.8 Å². The zero-order valence-corrected chi connectivity index (χ0v) is 16.4. The Balaban J connectivity index is 1.74. The molecule has 1 aliphatic rings. The number of rotatable bonds is 5. The van der Waals surface area contributed by atoms with E-state index in [1.807, 2.05) is 0 Å². The first kappa shape index (κ1) is 21.9. The van der Waals surface area contributed by atoms with Crippen LogP contribution in [0.4, 0.5) is 13.2 Å². The van der Waals surface area contributed by atoms with Crippen molar-refractivity contribution in [3.8, 4) is 0 Å². The number of alkyl halides is 3. The fraction of sp³-hybridized carbons (Fsp3) is 0.263. The molecule has 1 aliphatic heterocycles. The molecular formula is C19H18F3N3O4S. The second-order valence-corrected chi connectivity index (χ2v) is 8.27. The van der Waals surface area contributed by atoms with E-state index in [2.05, 4.69) is 10.5 Å². The molecule has 0 unspecified atom stereocenters. The molecule has 1 N–H and O–H groups in total. The predicted molar refractivity (Wildman–Crippen MR) is 103 cm³/mol. The maximum atomic E-state index is 13.0. The minimum atomic E-state index is -4.56. The van der Waals surface area contributed by atoms with Gasteiger partial charge in [0.2, 0.25) is 10.0 Å². The second-order valence-electron chi connectivity index (χ2n) is 6.33. The van der Waals surface area contributed by atoms with Crippen LogP contribution in [0.2, 0.25) is 0 Å². The molecular weight excluding hydrogens is 423 g/mol. The highest BCUT2D eigenvalue weighted by Gasteiger charge is 2.32. The number of morpholine rings is 1. The van der Waals surface area contributed by atoms with E-state index in [-0.39, 0.29) is 42.3 Å². The van der Waals surface area contributed by atoms with Gasteiger partial charge in [-0.15, -0.1) is 0 Å². The molecule has 160 valence electrons. The number of amides is 1. The molecule has 2 aromatic carbocycles. The van der Waals surface area contributed by atoms with E-state index in [9.17, 15) is 26.4 Å². The summed E-state index contributed by atoms with van der Waals surface area (Å²) in [6.45, 7) is 0.990. The Hall–Kier alpha value is -2.76. The number of hydrogen-bond donors (Lipinski definition) is 1. The van der Waals surface area contributed by atoms with Crippen molar-refractivity contribution in [2.24, 2.45) is 5.10 Å². The summed E-state index contributed by atoms with van der Waals surface area (Å²) in [5.74, 6) is -0.755. The van der Waals surface area contributed by atoms with Crippen LogP contribution in [0.1, 0.15) is 21.5 Å². The monoisotopic (exact) mass is 441 g/mol. The first-order chi connectivity index (χ1) is 14.2. The van der Waals surface area contributed by atoms with Gasteiger partial charge in [-0.2, -0.15) is 22.6 Å². The summed E-state index contributed by atoms with van der Waals surface area (Å²) < 4.78 is 70.8. The van der Waals surface area contributed by atoms with E-state index < -0.39 is 27.7 Å². The Morgan fingerprint density at radius 2 is 1.80 bits per heavy atom. The topological polar surface area (TPSA) is 88.1 Å². The summed E-state index contributed by atoms with van der Waals surface area (Å²) in [6.07, 6.45) is -3.68. The fourth-order valence-electron chi connectivity index (χ4n) is 2.83. The summed E-state index contributed by atoms with van der Waals surface area (Å²) in [6, 6.07) is 10.1. The molecule has 3 rings (SSSR count). The van der Waals surface area contributed by atoms with Gasteiger partial charge in [-0.05, 0) is 24.3 Å². The van der Waals surface area contributed by atoms with Crippen LogP contribution in [-0.2, 0) is 20.9 Å². The number of ether oxygens (including phenoxy) is 1. The van der Waals surface area contributed by atoms with Gasteiger partial charge in [0.05, 0.1) is 29.9 Å². The zero-order valence-electron chi connectivity index (χ0n) is 15.6. The number of nitrogens with zero attached hydrogens (tertiary/aromatic N) is 2. The van der Waals surface area contributed by atoms with Crippen molar-refractivity contribution in [2.75, 3.05) is 26.3 Å². The Kier molecular flexibility index (Phi) is 6.54. The number of sulfonamides is 1. The second kappa shape index (κ2) is 8.94. The normalized spacial score (nSPS) is 16.0. The third kappa shape index (κ3) is 5.04. The number of nitrogens with one attached hydrogen (secondary N) is 1. The molecule has 1 heterocycles. The molecule has 1 fully saturated rings. The highest BCUT2D eigenvalue weighted by Crippen LogP contribution is 2.31. The van der Waals surface area contributed by atoms with Crippen molar-refractivity contribution in [3.63, 3.8) is 0 Å². The van der Waals surface area contributed by atoms with Gasteiger partial charge in [-0.25, -0.2) is 13.8 Å². The van der Waals surface area contributed by atoms with Crippen molar-refractivity contribution in [1.82, 2.24) is 9.73 Å². The fourth-order valence-corrected chi connectivity index (χ4v) is 4.28. The number of carbonyl (C=O) groups is 1. The maximum absolute atomic E-state index is 13.0. The predicted octanol–water partition coefficient (Wildman–Crippen LogP) is 2.49. The summed E-state index contributed by atoms with van der Waals surface area (Å²) in [7, 11) is -3.79. The lowest BCUT2D eigenvalue weighted by molar-refractivity contribution is -0.137. The van der Waals surface area contributed by atoms with Gasteiger partial charge >= 0.3 is 6.18 Å². The lowest BCUT2D eigenvalue weighted by Crippen LogP contribution is -2.40. The Morgan fingerprint density at radius 3 is 2.50 bits per heavy atom. The first-order valence-corrected chi connectivity index (χ1v) is 10.3. The molecule has 0 atom stereocenters. The quantitative estimate of drug-likeness (QED) is 0.571.